The van der Waals surface area contributed by atoms with E-state index < -0.39 is 0 Å². The molecule has 1 unspecified atom stereocenters. The van der Waals surface area contributed by atoms with Crippen molar-refractivity contribution in [2.75, 3.05) is 23.8 Å². The number of hydrogen-bond acceptors (Lipinski definition) is 2. The second kappa shape index (κ2) is 4.05. The number of nitrogens with zero attached hydrogens (tertiary/aromatic N) is 1. The van der Waals surface area contributed by atoms with Crippen LogP contribution < -0.4 is 10.2 Å². The molecule has 0 aromatic heterocycles. The number of nitrogens with one attached hydrogen (secondary N) is 1. The highest BCUT2D eigenvalue weighted by atomic mass is 79.9. The summed E-state index contributed by atoms with van der Waals surface area (Å²) in [6.07, 6.45) is 0. The lowest BCUT2D eigenvalue weighted by atomic mass is 9.99. The van der Waals surface area contributed by atoms with Gasteiger partial charge in [0, 0.05) is 24.1 Å². The van der Waals surface area contributed by atoms with Crippen molar-refractivity contribution >= 4 is 27.3 Å². The SMILES string of the molecule is CC(C)C1CNc2c(Br)cccc2N1C. The predicted molar refractivity (Wildman–Crippen MR) is 69.7 cm³/mol. The Bertz CT molecular complexity index is 363. The van der Waals surface area contributed by atoms with E-state index in [4.69, 9.17) is 0 Å². The van der Waals surface area contributed by atoms with Crippen molar-refractivity contribution in [2.24, 2.45) is 5.92 Å². The van der Waals surface area contributed by atoms with Crippen LogP contribution in [0.2, 0.25) is 0 Å². The summed E-state index contributed by atoms with van der Waals surface area (Å²) in [5, 5.41) is 3.50. The fourth-order valence-corrected chi connectivity index (χ4v) is 2.68. The number of para-hydroxylation sites is 1. The van der Waals surface area contributed by atoms with Gasteiger partial charge in [0.1, 0.15) is 0 Å². The second-order valence-electron chi connectivity index (χ2n) is 4.44. The Balaban J connectivity index is 2.38. The third-order valence-electron chi connectivity index (χ3n) is 3.13. The van der Waals surface area contributed by atoms with Crippen LogP contribution >= 0.6 is 15.9 Å². The van der Waals surface area contributed by atoms with E-state index >= 15 is 0 Å². The topological polar surface area (TPSA) is 15.3 Å². The summed E-state index contributed by atoms with van der Waals surface area (Å²) >= 11 is 3.58. The first kappa shape index (κ1) is 10.8. The number of fused-ring (bicyclic) bond motifs is 1. The maximum Gasteiger partial charge on any atom is 0.0723 e. The summed E-state index contributed by atoms with van der Waals surface area (Å²) in [7, 11) is 2.18. The molecule has 2 nitrogen and oxygen atoms in total. The molecule has 1 N–H and O–H groups in total. The minimum absolute atomic E-state index is 0.576. The molecule has 82 valence electrons. The molecule has 0 saturated carbocycles. The molecule has 1 aliphatic rings. The van der Waals surface area contributed by atoms with Crippen molar-refractivity contribution in [2.45, 2.75) is 19.9 Å². The normalized spacial score (nSPS) is 20.1. The third kappa shape index (κ3) is 1.85. The van der Waals surface area contributed by atoms with Crippen LogP contribution in [0.1, 0.15) is 13.8 Å². The quantitative estimate of drug-likeness (QED) is 0.841. The monoisotopic (exact) mass is 268 g/mol. The van der Waals surface area contributed by atoms with Gasteiger partial charge in [0.15, 0.2) is 0 Å². The van der Waals surface area contributed by atoms with Crippen LogP contribution in [0.15, 0.2) is 22.7 Å². The van der Waals surface area contributed by atoms with Crippen molar-refractivity contribution in [1.82, 2.24) is 0 Å². The fraction of sp³-hybridized carbons (Fsp3) is 0.500. The van der Waals surface area contributed by atoms with Gasteiger partial charge >= 0.3 is 0 Å². The first-order chi connectivity index (χ1) is 7.11. The molecule has 0 saturated heterocycles. The molecule has 0 amide bonds. The Morgan fingerprint density at radius 1 is 1.47 bits per heavy atom. The van der Waals surface area contributed by atoms with Crippen molar-refractivity contribution < 1.29 is 0 Å². The molecule has 1 atom stereocenters. The van der Waals surface area contributed by atoms with Crippen LogP contribution in [0.25, 0.3) is 0 Å². The van der Waals surface area contributed by atoms with E-state index in [1.165, 1.54) is 11.4 Å². The Morgan fingerprint density at radius 3 is 2.87 bits per heavy atom. The molecule has 0 fully saturated rings. The Labute approximate surface area is 99.8 Å². The largest absolute Gasteiger partial charge is 0.380 e. The zero-order valence-corrected chi connectivity index (χ0v) is 11.0. The summed E-state index contributed by atoms with van der Waals surface area (Å²) in [4.78, 5) is 2.38. The van der Waals surface area contributed by atoms with Crippen LogP contribution in [-0.2, 0) is 0 Å². The molecule has 1 aromatic rings. The van der Waals surface area contributed by atoms with Gasteiger partial charge in [-0.25, -0.2) is 0 Å². The van der Waals surface area contributed by atoms with Gasteiger partial charge < -0.3 is 10.2 Å². The Kier molecular flexibility index (Phi) is 2.91. The summed E-state index contributed by atoms with van der Waals surface area (Å²) in [6, 6.07) is 6.91. The molecule has 1 aromatic carbocycles. The maximum atomic E-state index is 3.58. The third-order valence-corrected chi connectivity index (χ3v) is 3.79. The van der Waals surface area contributed by atoms with Crippen LogP contribution in [0, 0.1) is 5.92 Å². The molecule has 0 radical (unpaired) electrons. The minimum atomic E-state index is 0.576. The van der Waals surface area contributed by atoms with E-state index in [0.29, 0.717) is 12.0 Å². The molecule has 15 heavy (non-hydrogen) atoms. The van der Waals surface area contributed by atoms with Crippen molar-refractivity contribution in [1.29, 1.82) is 0 Å². The lowest BCUT2D eigenvalue weighted by Gasteiger charge is -2.39. The number of halogens is 1. The van der Waals surface area contributed by atoms with Crippen LogP contribution in [0.4, 0.5) is 11.4 Å². The number of hydrogen-bond donors (Lipinski definition) is 1. The average Bonchev–Trinajstić information content (AvgIpc) is 2.19. The number of anilines is 2. The maximum absolute atomic E-state index is 3.58. The van der Waals surface area contributed by atoms with E-state index in [1.807, 2.05) is 0 Å². The molecule has 0 bridgehead atoms. The Hall–Kier alpha value is -0.700. The molecule has 3 heteroatoms. The van der Waals surface area contributed by atoms with Gasteiger partial charge in [-0.3, -0.25) is 0 Å². The second-order valence-corrected chi connectivity index (χ2v) is 5.29. The van der Waals surface area contributed by atoms with Crippen molar-refractivity contribution in [3.05, 3.63) is 22.7 Å². The number of rotatable bonds is 1. The highest BCUT2D eigenvalue weighted by Gasteiger charge is 2.26. The van der Waals surface area contributed by atoms with Gasteiger partial charge in [0.2, 0.25) is 0 Å². The zero-order valence-electron chi connectivity index (χ0n) is 9.42. The predicted octanol–water partition coefficient (Wildman–Crippen LogP) is 3.34. The van der Waals surface area contributed by atoms with E-state index in [9.17, 15) is 0 Å². The lowest BCUT2D eigenvalue weighted by molar-refractivity contribution is 0.482. The molecule has 0 aliphatic carbocycles. The number of benzene rings is 1. The highest BCUT2D eigenvalue weighted by molar-refractivity contribution is 9.10. The summed E-state index contributed by atoms with van der Waals surface area (Å²) in [5.74, 6) is 0.662. The van der Waals surface area contributed by atoms with Crippen LogP contribution in [-0.4, -0.2) is 19.6 Å². The first-order valence-electron chi connectivity index (χ1n) is 5.36. The van der Waals surface area contributed by atoms with Crippen LogP contribution in [0.5, 0.6) is 0 Å². The minimum Gasteiger partial charge on any atom is -0.380 e. The zero-order chi connectivity index (χ0) is 11.0. The van der Waals surface area contributed by atoms with Gasteiger partial charge in [-0.1, -0.05) is 19.9 Å². The van der Waals surface area contributed by atoms with E-state index in [0.717, 1.165) is 11.0 Å². The standard InChI is InChI=1S/C12H17BrN2/c1-8(2)11-7-14-12-9(13)5-4-6-10(12)15(11)3/h4-6,8,11,14H,7H2,1-3H3. The number of likely N-dealkylation sites (N-methyl/N-ethyl adjacent to an activating group) is 1. The van der Waals surface area contributed by atoms with Gasteiger partial charge in [0.25, 0.3) is 0 Å². The van der Waals surface area contributed by atoms with Gasteiger partial charge in [-0.05, 0) is 34.0 Å². The Morgan fingerprint density at radius 2 is 2.20 bits per heavy atom. The molecule has 2 rings (SSSR count). The van der Waals surface area contributed by atoms with E-state index in [2.05, 4.69) is 65.2 Å². The van der Waals surface area contributed by atoms with Gasteiger partial charge in [-0.15, -0.1) is 0 Å². The van der Waals surface area contributed by atoms with E-state index in [1.54, 1.807) is 0 Å². The summed E-state index contributed by atoms with van der Waals surface area (Å²) in [5.41, 5.74) is 2.51. The van der Waals surface area contributed by atoms with E-state index in [-0.39, 0.29) is 0 Å². The lowest BCUT2D eigenvalue weighted by Crippen LogP contribution is -2.44. The first-order valence-corrected chi connectivity index (χ1v) is 6.15. The smallest absolute Gasteiger partial charge is 0.0723 e. The molecule has 1 aliphatic heterocycles. The summed E-state index contributed by atoms with van der Waals surface area (Å²) < 4.78 is 1.15. The molecular formula is C12H17BrN2. The van der Waals surface area contributed by atoms with Crippen molar-refractivity contribution in [3.63, 3.8) is 0 Å². The fourth-order valence-electron chi connectivity index (χ4n) is 2.19. The highest BCUT2D eigenvalue weighted by Crippen LogP contribution is 2.37. The summed E-state index contributed by atoms with van der Waals surface area (Å²) in [6.45, 7) is 5.56. The van der Waals surface area contributed by atoms with Crippen LogP contribution in [0.3, 0.4) is 0 Å². The molecular weight excluding hydrogens is 252 g/mol. The average molecular weight is 269 g/mol. The van der Waals surface area contributed by atoms with Crippen molar-refractivity contribution in [3.8, 4) is 0 Å². The molecule has 1 heterocycles. The van der Waals surface area contributed by atoms with Gasteiger partial charge in [0.05, 0.1) is 11.4 Å². The van der Waals surface area contributed by atoms with Gasteiger partial charge in [-0.2, -0.15) is 0 Å². The molecule has 0 spiro atoms.